The van der Waals surface area contributed by atoms with Crippen molar-refractivity contribution in [2.45, 2.75) is 12.7 Å². The average Bonchev–Trinajstić information content (AvgIpc) is 2.01. The van der Waals surface area contributed by atoms with Crippen LogP contribution in [-0.4, -0.2) is 13.0 Å². The highest BCUT2D eigenvalue weighted by Crippen LogP contribution is 2.18. The van der Waals surface area contributed by atoms with Crippen LogP contribution in [0.5, 0.6) is 0 Å². The Hall–Kier alpha value is -1.13. The molecule has 0 spiro atoms. The van der Waals surface area contributed by atoms with Gasteiger partial charge in [0.15, 0.2) is 0 Å². The van der Waals surface area contributed by atoms with Crippen LogP contribution in [0.1, 0.15) is 18.1 Å². The normalized spacial score (nSPS) is 11.3. The Morgan fingerprint density at radius 3 is 2.50 bits per heavy atom. The minimum atomic E-state index is -3.97. The van der Waals surface area contributed by atoms with E-state index in [1.807, 2.05) is 0 Å². The molecular weight excluding hydrogens is 200 g/mol. The number of hydrogen-bond acceptors (Lipinski definition) is 2. The summed E-state index contributed by atoms with van der Waals surface area (Å²) in [6, 6.07) is 6.98. The van der Waals surface area contributed by atoms with Crippen molar-refractivity contribution < 1.29 is 13.0 Å². The maximum Gasteiger partial charge on any atom is 0.269 e. The second kappa shape index (κ2) is 3.94. The van der Waals surface area contributed by atoms with Crippen molar-refractivity contribution in [3.63, 3.8) is 0 Å². The summed E-state index contributed by atoms with van der Waals surface area (Å²) in [5.74, 6) is -0.365. The van der Waals surface area contributed by atoms with Gasteiger partial charge in [0.2, 0.25) is 0 Å². The molecule has 1 N–H and O–H groups in total. The molecule has 0 aliphatic carbocycles. The Balaban J connectivity index is 3.15. The summed E-state index contributed by atoms with van der Waals surface area (Å²) in [6.45, 7) is 5.53. The first-order valence-corrected chi connectivity index (χ1v) is 5.70. The summed E-state index contributed by atoms with van der Waals surface area (Å²) in [7, 11) is -3.97. The number of benzene rings is 1. The van der Waals surface area contributed by atoms with Gasteiger partial charge in [0.25, 0.3) is 10.1 Å². The molecule has 0 fully saturated rings. The second-order valence-corrected chi connectivity index (χ2v) is 4.62. The molecular formula is C10H12O3S. The number of rotatable bonds is 3. The molecule has 0 atom stereocenters. The summed E-state index contributed by atoms with van der Waals surface area (Å²) in [4.78, 5) is 0. The van der Waals surface area contributed by atoms with Crippen LogP contribution >= 0.6 is 0 Å². The van der Waals surface area contributed by atoms with Gasteiger partial charge in [0, 0.05) is 0 Å². The van der Waals surface area contributed by atoms with E-state index in [0.29, 0.717) is 5.56 Å². The van der Waals surface area contributed by atoms with Crippen LogP contribution in [0.25, 0.3) is 5.57 Å². The van der Waals surface area contributed by atoms with E-state index >= 15 is 0 Å². The Labute approximate surface area is 83.8 Å². The van der Waals surface area contributed by atoms with Crippen LogP contribution in [0, 0.1) is 0 Å². The van der Waals surface area contributed by atoms with E-state index in [1.165, 1.54) is 0 Å². The Morgan fingerprint density at radius 1 is 1.43 bits per heavy atom. The van der Waals surface area contributed by atoms with Crippen LogP contribution < -0.4 is 0 Å². The molecule has 14 heavy (non-hydrogen) atoms. The molecule has 0 aromatic heterocycles. The van der Waals surface area contributed by atoms with Gasteiger partial charge >= 0.3 is 0 Å². The fourth-order valence-corrected chi connectivity index (χ4v) is 1.90. The fraction of sp³-hybridized carbons (Fsp3) is 0.200. The van der Waals surface area contributed by atoms with E-state index in [4.69, 9.17) is 4.55 Å². The Kier molecular flexibility index (Phi) is 3.08. The average molecular weight is 212 g/mol. The van der Waals surface area contributed by atoms with E-state index in [1.54, 1.807) is 31.2 Å². The summed E-state index contributed by atoms with van der Waals surface area (Å²) < 4.78 is 30.1. The summed E-state index contributed by atoms with van der Waals surface area (Å²) >= 11 is 0. The highest BCUT2D eigenvalue weighted by molar-refractivity contribution is 7.85. The molecule has 76 valence electrons. The molecule has 0 heterocycles. The van der Waals surface area contributed by atoms with Crippen molar-refractivity contribution >= 4 is 15.7 Å². The first-order valence-electron chi connectivity index (χ1n) is 4.09. The monoisotopic (exact) mass is 212 g/mol. The standard InChI is InChI=1S/C10H12O3S/c1-8(2)10-6-4-3-5-9(10)7-14(11,12)13/h3-6H,1,7H2,2H3,(H,11,12,13). The molecule has 4 heteroatoms. The van der Waals surface area contributed by atoms with E-state index in [-0.39, 0.29) is 5.75 Å². The van der Waals surface area contributed by atoms with Crippen molar-refractivity contribution in [3.8, 4) is 0 Å². The zero-order valence-electron chi connectivity index (χ0n) is 7.90. The largest absolute Gasteiger partial charge is 0.285 e. The summed E-state index contributed by atoms with van der Waals surface area (Å²) in [6.07, 6.45) is 0. The molecule has 0 aliphatic rings. The minimum Gasteiger partial charge on any atom is -0.285 e. The van der Waals surface area contributed by atoms with Gasteiger partial charge in [-0.15, -0.1) is 0 Å². The first-order chi connectivity index (χ1) is 6.40. The quantitative estimate of drug-likeness (QED) is 0.781. The zero-order valence-corrected chi connectivity index (χ0v) is 8.71. The van der Waals surface area contributed by atoms with E-state index < -0.39 is 10.1 Å². The van der Waals surface area contributed by atoms with Gasteiger partial charge in [-0.1, -0.05) is 36.4 Å². The molecule has 1 aromatic rings. The first kappa shape index (κ1) is 10.9. The predicted molar refractivity (Wildman–Crippen MR) is 56.4 cm³/mol. The van der Waals surface area contributed by atoms with Crippen molar-refractivity contribution in [1.82, 2.24) is 0 Å². The Bertz CT molecular complexity index is 446. The predicted octanol–water partition coefficient (Wildman–Crippen LogP) is 2.11. The van der Waals surface area contributed by atoms with Crippen LogP contribution in [-0.2, 0) is 15.9 Å². The molecule has 0 aliphatic heterocycles. The third-order valence-corrected chi connectivity index (χ3v) is 2.49. The fourth-order valence-electron chi connectivity index (χ4n) is 1.26. The van der Waals surface area contributed by atoms with Crippen molar-refractivity contribution in [2.24, 2.45) is 0 Å². The minimum absolute atomic E-state index is 0.365. The lowest BCUT2D eigenvalue weighted by Gasteiger charge is -2.06. The van der Waals surface area contributed by atoms with Crippen molar-refractivity contribution in [3.05, 3.63) is 42.0 Å². The van der Waals surface area contributed by atoms with Gasteiger partial charge in [0.1, 0.15) is 5.75 Å². The molecule has 0 saturated heterocycles. The van der Waals surface area contributed by atoms with Gasteiger partial charge in [-0.25, -0.2) is 0 Å². The van der Waals surface area contributed by atoms with E-state index in [0.717, 1.165) is 11.1 Å². The lowest BCUT2D eigenvalue weighted by molar-refractivity contribution is 0.482. The van der Waals surface area contributed by atoms with Crippen molar-refractivity contribution in [1.29, 1.82) is 0 Å². The van der Waals surface area contributed by atoms with Gasteiger partial charge in [-0.05, 0) is 18.1 Å². The van der Waals surface area contributed by atoms with Gasteiger partial charge < -0.3 is 0 Å². The highest BCUT2D eigenvalue weighted by atomic mass is 32.2. The van der Waals surface area contributed by atoms with Crippen LogP contribution in [0.3, 0.4) is 0 Å². The van der Waals surface area contributed by atoms with Crippen molar-refractivity contribution in [2.75, 3.05) is 0 Å². The number of allylic oxidation sites excluding steroid dienone is 1. The van der Waals surface area contributed by atoms with Gasteiger partial charge in [-0.3, -0.25) is 4.55 Å². The smallest absolute Gasteiger partial charge is 0.269 e. The summed E-state index contributed by atoms with van der Waals surface area (Å²) in [5.41, 5.74) is 2.12. The molecule has 3 nitrogen and oxygen atoms in total. The summed E-state index contributed by atoms with van der Waals surface area (Å²) in [5, 5.41) is 0. The maximum absolute atomic E-state index is 10.7. The molecule has 0 saturated carbocycles. The molecule has 1 rings (SSSR count). The molecule has 0 unspecified atom stereocenters. The van der Waals surface area contributed by atoms with Gasteiger partial charge in [0.05, 0.1) is 0 Å². The topological polar surface area (TPSA) is 54.4 Å². The lowest BCUT2D eigenvalue weighted by atomic mass is 10.0. The van der Waals surface area contributed by atoms with Gasteiger partial charge in [-0.2, -0.15) is 8.42 Å². The second-order valence-electron chi connectivity index (χ2n) is 3.16. The number of hydrogen-bond donors (Lipinski definition) is 1. The zero-order chi connectivity index (χ0) is 10.8. The molecule has 0 bridgehead atoms. The van der Waals surface area contributed by atoms with Crippen LogP contribution in [0.2, 0.25) is 0 Å². The SMILES string of the molecule is C=C(C)c1ccccc1CS(=O)(=O)O. The maximum atomic E-state index is 10.7. The van der Waals surface area contributed by atoms with E-state index in [9.17, 15) is 8.42 Å². The van der Waals surface area contributed by atoms with Crippen LogP contribution in [0.4, 0.5) is 0 Å². The lowest BCUT2D eigenvalue weighted by Crippen LogP contribution is -2.03. The van der Waals surface area contributed by atoms with E-state index in [2.05, 4.69) is 6.58 Å². The third-order valence-electron chi connectivity index (χ3n) is 1.82. The van der Waals surface area contributed by atoms with Crippen LogP contribution in [0.15, 0.2) is 30.8 Å². The molecule has 0 amide bonds. The highest BCUT2D eigenvalue weighted by Gasteiger charge is 2.10. The Morgan fingerprint density at radius 2 is 2.00 bits per heavy atom. The molecule has 1 aromatic carbocycles. The third kappa shape index (κ3) is 2.97. The molecule has 0 radical (unpaired) electrons.